The number of hydrogen-bond donors (Lipinski definition) is 2. The lowest BCUT2D eigenvalue weighted by atomic mass is 9.95. The Labute approximate surface area is 189 Å². The second-order valence-corrected chi connectivity index (χ2v) is 8.50. The Balaban J connectivity index is 1.44. The van der Waals surface area contributed by atoms with Crippen LogP contribution in [0.4, 0.5) is 5.00 Å². The molecule has 2 N–H and O–H groups in total. The highest BCUT2D eigenvalue weighted by atomic mass is 32.1. The highest BCUT2D eigenvalue weighted by molar-refractivity contribution is 7.17. The first-order valence-electron chi connectivity index (χ1n) is 10.5. The molecule has 32 heavy (non-hydrogen) atoms. The topological polar surface area (TPSA) is 96.9 Å². The van der Waals surface area contributed by atoms with Crippen molar-refractivity contribution in [1.82, 2.24) is 5.43 Å². The molecule has 0 saturated heterocycles. The summed E-state index contributed by atoms with van der Waals surface area (Å²) in [6, 6.07) is 13.7. The highest BCUT2D eigenvalue weighted by Gasteiger charge is 2.28. The fourth-order valence-electron chi connectivity index (χ4n) is 3.74. The van der Waals surface area contributed by atoms with Crippen molar-refractivity contribution in [2.75, 3.05) is 11.9 Å². The highest BCUT2D eigenvalue weighted by Crippen LogP contribution is 2.38. The number of nitrogens with one attached hydrogen (secondary N) is 2. The van der Waals surface area contributed by atoms with Gasteiger partial charge in [0, 0.05) is 4.88 Å². The third-order valence-corrected chi connectivity index (χ3v) is 6.44. The number of carbonyl (C=O) groups excluding carboxylic acids is 3. The molecular weight excluding hydrogens is 426 g/mol. The van der Waals surface area contributed by atoms with Gasteiger partial charge in [-0.05, 0) is 60.6 Å². The Morgan fingerprint density at radius 1 is 1.06 bits per heavy atom. The van der Waals surface area contributed by atoms with Crippen LogP contribution in [0.2, 0.25) is 0 Å². The lowest BCUT2D eigenvalue weighted by Gasteiger charge is -2.12. The minimum atomic E-state index is -0.914. The second kappa shape index (κ2) is 9.74. The van der Waals surface area contributed by atoms with Gasteiger partial charge < -0.3 is 10.1 Å². The third kappa shape index (κ3) is 4.70. The van der Waals surface area contributed by atoms with Crippen LogP contribution in [0.25, 0.3) is 10.8 Å². The summed E-state index contributed by atoms with van der Waals surface area (Å²) in [6.45, 7) is 1.97. The van der Waals surface area contributed by atoms with Crippen LogP contribution in [0, 0.1) is 0 Å². The van der Waals surface area contributed by atoms with E-state index in [1.807, 2.05) is 42.5 Å². The predicted octanol–water partition coefficient (Wildman–Crippen LogP) is 4.05. The van der Waals surface area contributed by atoms with Crippen LogP contribution in [0.3, 0.4) is 0 Å². The average molecular weight is 450 g/mol. The number of benzene rings is 2. The number of amides is 2. The van der Waals surface area contributed by atoms with Gasteiger partial charge in [-0.15, -0.1) is 11.3 Å². The fourth-order valence-corrected chi connectivity index (χ4v) is 5.01. The number of carbonyl (C=O) groups is 3. The molecule has 1 aliphatic carbocycles. The lowest BCUT2D eigenvalue weighted by molar-refractivity contribution is -0.136. The number of hydrogen-bond acceptors (Lipinski definition) is 6. The quantitative estimate of drug-likeness (QED) is 0.266. The van der Waals surface area contributed by atoms with E-state index >= 15 is 0 Å². The van der Waals surface area contributed by atoms with Crippen LogP contribution in [0.1, 0.15) is 46.1 Å². The first-order valence-corrected chi connectivity index (χ1v) is 11.3. The van der Waals surface area contributed by atoms with E-state index < -0.39 is 17.8 Å². The molecule has 2 aromatic carbocycles. The van der Waals surface area contributed by atoms with Gasteiger partial charge in [0.2, 0.25) is 0 Å². The van der Waals surface area contributed by atoms with E-state index in [-0.39, 0.29) is 6.61 Å². The average Bonchev–Trinajstić information content (AvgIpc) is 3.17. The summed E-state index contributed by atoms with van der Waals surface area (Å²) < 4.78 is 5.17. The number of nitrogens with zero attached hydrogens (tertiary/aromatic N) is 1. The predicted molar refractivity (Wildman–Crippen MR) is 125 cm³/mol. The molecule has 8 heteroatoms. The first-order chi connectivity index (χ1) is 15.6. The lowest BCUT2D eigenvalue weighted by Crippen LogP contribution is -2.32. The molecule has 4 rings (SSSR count). The summed E-state index contributed by atoms with van der Waals surface area (Å²) in [4.78, 5) is 38.2. The summed E-state index contributed by atoms with van der Waals surface area (Å²) in [5, 5.41) is 8.97. The molecule has 0 atom stereocenters. The maximum absolute atomic E-state index is 12.5. The molecule has 0 aliphatic heterocycles. The summed E-state index contributed by atoms with van der Waals surface area (Å²) in [7, 11) is 0. The van der Waals surface area contributed by atoms with E-state index in [0.717, 1.165) is 52.5 Å². The van der Waals surface area contributed by atoms with Crippen molar-refractivity contribution in [2.24, 2.45) is 5.10 Å². The van der Waals surface area contributed by atoms with E-state index in [1.54, 1.807) is 6.92 Å². The second-order valence-electron chi connectivity index (χ2n) is 7.40. The van der Waals surface area contributed by atoms with Crippen molar-refractivity contribution in [2.45, 2.75) is 32.6 Å². The normalized spacial score (nSPS) is 13.0. The maximum Gasteiger partial charge on any atom is 0.341 e. The Morgan fingerprint density at radius 3 is 2.66 bits per heavy atom. The smallest absolute Gasteiger partial charge is 0.341 e. The van der Waals surface area contributed by atoms with Gasteiger partial charge in [0.25, 0.3) is 0 Å². The Hall–Kier alpha value is -3.52. The SMILES string of the molecule is CCOC(=O)c1c(NC(=O)C(=O)NN=Cc2ccc3ccccc3c2)sc2c1CCCC2. The molecule has 1 aliphatic rings. The first kappa shape index (κ1) is 21.7. The molecule has 0 bridgehead atoms. The molecule has 2 amide bonds. The zero-order valence-electron chi connectivity index (χ0n) is 17.6. The molecular formula is C24H23N3O4S. The summed E-state index contributed by atoms with van der Waals surface area (Å²) in [5.41, 5.74) is 4.32. The van der Waals surface area contributed by atoms with Crippen LogP contribution >= 0.6 is 11.3 Å². The largest absolute Gasteiger partial charge is 0.462 e. The molecule has 164 valence electrons. The summed E-state index contributed by atoms with van der Waals surface area (Å²) in [5.74, 6) is -2.27. The minimum absolute atomic E-state index is 0.237. The number of aryl methyl sites for hydroxylation is 1. The van der Waals surface area contributed by atoms with Crippen molar-refractivity contribution >= 4 is 51.1 Å². The Kier molecular flexibility index (Phi) is 6.61. The van der Waals surface area contributed by atoms with Gasteiger partial charge in [-0.1, -0.05) is 36.4 Å². The molecule has 0 fully saturated rings. The molecule has 0 radical (unpaired) electrons. The van der Waals surface area contributed by atoms with Crippen molar-refractivity contribution in [3.05, 3.63) is 64.0 Å². The van der Waals surface area contributed by atoms with Crippen LogP contribution in [0.15, 0.2) is 47.6 Å². The molecule has 0 saturated carbocycles. The molecule has 0 unspecified atom stereocenters. The maximum atomic E-state index is 12.5. The van der Waals surface area contributed by atoms with Crippen molar-refractivity contribution < 1.29 is 19.1 Å². The summed E-state index contributed by atoms with van der Waals surface area (Å²) in [6.07, 6.45) is 5.11. The van der Waals surface area contributed by atoms with Crippen LogP contribution in [-0.4, -0.2) is 30.6 Å². The number of anilines is 1. The van der Waals surface area contributed by atoms with Crippen molar-refractivity contribution in [3.8, 4) is 0 Å². The fraction of sp³-hybridized carbons (Fsp3) is 0.250. The number of esters is 1. The molecule has 0 spiro atoms. The van der Waals surface area contributed by atoms with Gasteiger partial charge in [-0.25, -0.2) is 10.2 Å². The van der Waals surface area contributed by atoms with Crippen LogP contribution in [0.5, 0.6) is 0 Å². The number of thiophene rings is 1. The van der Waals surface area contributed by atoms with Crippen LogP contribution in [-0.2, 0) is 27.2 Å². The van der Waals surface area contributed by atoms with Crippen molar-refractivity contribution in [3.63, 3.8) is 0 Å². The zero-order valence-corrected chi connectivity index (χ0v) is 18.5. The van der Waals surface area contributed by atoms with E-state index in [4.69, 9.17) is 4.74 Å². The Morgan fingerprint density at radius 2 is 1.84 bits per heavy atom. The van der Waals surface area contributed by atoms with Gasteiger partial charge >= 0.3 is 17.8 Å². The monoisotopic (exact) mass is 449 g/mol. The molecule has 1 heterocycles. The molecule has 7 nitrogen and oxygen atoms in total. The van der Waals surface area contributed by atoms with E-state index in [9.17, 15) is 14.4 Å². The van der Waals surface area contributed by atoms with Gasteiger partial charge in [0.1, 0.15) is 5.00 Å². The van der Waals surface area contributed by atoms with Crippen molar-refractivity contribution in [1.29, 1.82) is 0 Å². The number of rotatable bonds is 5. The Bertz CT molecular complexity index is 1220. The minimum Gasteiger partial charge on any atom is -0.462 e. The van der Waals surface area contributed by atoms with E-state index in [2.05, 4.69) is 15.8 Å². The molecule has 3 aromatic rings. The van der Waals surface area contributed by atoms with Gasteiger partial charge in [-0.2, -0.15) is 5.10 Å². The van der Waals surface area contributed by atoms with Gasteiger partial charge in [-0.3, -0.25) is 9.59 Å². The number of hydrazone groups is 1. The van der Waals surface area contributed by atoms with E-state index in [0.29, 0.717) is 10.6 Å². The molecule has 1 aromatic heterocycles. The third-order valence-electron chi connectivity index (χ3n) is 5.24. The van der Waals surface area contributed by atoms with Crippen LogP contribution < -0.4 is 10.7 Å². The summed E-state index contributed by atoms with van der Waals surface area (Å²) >= 11 is 1.33. The van der Waals surface area contributed by atoms with Gasteiger partial charge in [0.05, 0.1) is 18.4 Å². The number of ether oxygens (including phenoxy) is 1. The zero-order chi connectivity index (χ0) is 22.5. The van der Waals surface area contributed by atoms with Gasteiger partial charge in [0.15, 0.2) is 0 Å². The number of fused-ring (bicyclic) bond motifs is 2. The standard InChI is InChI=1S/C24H23N3O4S/c1-2-31-24(30)20-18-9-5-6-10-19(18)32-23(20)26-21(28)22(29)27-25-14-15-11-12-16-7-3-4-8-17(16)13-15/h3-4,7-8,11-14H,2,5-6,9-10H2,1H3,(H,26,28)(H,27,29). The van der Waals surface area contributed by atoms with E-state index in [1.165, 1.54) is 17.6 Å².